The fraction of sp³-hybridized carbons (Fsp3) is 0.296. The molecule has 2 aliphatic rings. The number of fused-ring (bicyclic) bond motifs is 2. The van der Waals surface area contributed by atoms with Crippen molar-refractivity contribution >= 4 is 55.2 Å². The van der Waals surface area contributed by atoms with Crippen molar-refractivity contribution in [3.8, 4) is 23.0 Å². The van der Waals surface area contributed by atoms with Crippen LogP contribution in [0.25, 0.3) is 6.08 Å². The molecule has 0 aliphatic carbocycles. The van der Waals surface area contributed by atoms with Crippen LogP contribution in [-0.2, 0) is 9.53 Å². The maximum atomic E-state index is 14.0. The summed E-state index contributed by atoms with van der Waals surface area (Å²) in [5.74, 6) is 1.69. The van der Waals surface area contributed by atoms with Gasteiger partial charge >= 0.3 is 5.97 Å². The topological polar surface area (TPSA) is 97.6 Å². The third-order valence-corrected chi connectivity index (χ3v) is 8.53. The highest BCUT2D eigenvalue weighted by atomic mass is 79.9. The zero-order chi connectivity index (χ0) is 27.8. The molecular formula is C27H24Br2N2O7S. The molecule has 0 N–H and O–H groups in total. The molecule has 1 atom stereocenters. The van der Waals surface area contributed by atoms with Crippen molar-refractivity contribution in [1.82, 2.24) is 4.57 Å². The second kappa shape index (κ2) is 11.2. The van der Waals surface area contributed by atoms with E-state index in [0.29, 0.717) is 54.7 Å². The Kier molecular flexibility index (Phi) is 7.88. The lowest BCUT2D eigenvalue weighted by Gasteiger charge is -2.26. The number of hydrogen-bond acceptors (Lipinski definition) is 9. The standard InChI is InChI=1S/C27H24Br2N2O7S/c1-5-35-20-11-17(29)15(9-18(20)34-4)24-23(26(33)36-6-2)13(3)30-27-31(24)25(32)22(39-27)8-14-7-19-21(10-16(14)28)38-12-37-19/h7-11,24H,5-6,12H2,1-4H3/b22-8+/t24-/m0/s1. The Morgan fingerprint density at radius 3 is 2.56 bits per heavy atom. The van der Waals surface area contributed by atoms with E-state index in [9.17, 15) is 9.59 Å². The molecule has 0 radical (unpaired) electrons. The largest absolute Gasteiger partial charge is 0.493 e. The SMILES string of the molecule is CCOC(=O)C1=C(C)N=c2s/c(=C/c3cc4c(cc3Br)OCO4)c(=O)n2[C@H]1c1cc(OC)c(OCC)cc1Br. The number of aromatic nitrogens is 1. The summed E-state index contributed by atoms with van der Waals surface area (Å²) in [4.78, 5) is 32.3. The molecule has 0 saturated heterocycles. The summed E-state index contributed by atoms with van der Waals surface area (Å²) in [7, 11) is 1.54. The number of halogens is 2. The van der Waals surface area contributed by atoms with E-state index in [0.717, 1.165) is 10.0 Å². The van der Waals surface area contributed by atoms with Crippen molar-refractivity contribution in [2.45, 2.75) is 26.8 Å². The lowest BCUT2D eigenvalue weighted by Crippen LogP contribution is -2.40. The predicted octanol–water partition coefficient (Wildman–Crippen LogP) is 4.46. The first-order valence-corrected chi connectivity index (χ1v) is 14.5. The van der Waals surface area contributed by atoms with E-state index in [4.69, 9.17) is 23.7 Å². The van der Waals surface area contributed by atoms with Gasteiger partial charge in [-0.15, -0.1) is 0 Å². The van der Waals surface area contributed by atoms with Crippen LogP contribution in [0.4, 0.5) is 0 Å². The third-order valence-electron chi connectivity index (χ3n) is 6.17. The van der Waals surface area contributed by atoms with Gasteiger partial charge in [-0.1, -0.05) is 43.2 Å². The Morgan fingerprint density at radius 2 is 1.87 bits per heavy atom. The van der Waals surface area contributed by atoms with Crippen molar-refractivity contribution in [3.63, 3.8) is 0 Å². The zero-order valence-corrected chi connectivity index (χ0v) is 25.5. The van der Waals surface area contributed by atoms with E-state index in [1.807, 2.05) is 13.0 Å². The lowest BCUT2D eigenvalue weighted by molar-refractivity contribution is -0.139. The molecule has 204 valence electrons. The molecule has 3 heterocycles. The maximum Gasteiger partial charge on any atom is 0.338 e. The molecule has 0 saturated carbocycles. The fourth-order valence-corrected chi connectivity index (χ4v) is 6.47. The molecule has 0 spiro atoms. The van der Waals surface area contributed by atoms with Crippen molar-refractivity contribution in [3.05, 3.63) is 75.3 Å². The van der Waals surface area contributed by atoms with Gasteiger partial charge in [0.25, 0.3) is 5.56 Å². The minimum absolute atomic E-state index is 0.143. The highest BCUT2D eigenvalue weighted by Gasteiger charge is 2.35. The average molecular weight is 680 g/mol. The number of rotatable bonds is 7. The molecule has 0 unspecified atom stereocenters. The minimum Gasteiger partial charge on any atom is -0.493 e. The van der Waals surface area contributed by atoms with Gasteiger partial charge in [0.05, 0.1) is 42.2 Å². The van der Waals surface area contributed by atoms with Gasteiger partial charge in [0.2, 0.25) is 6.79 Å². The summed E-state index contributed by atoms with van der Waals surface area (Å²) in [6.07, 6.45) is 1.77. The first-order valence-electron chi connectivity index (χ1n) is 12.1. The molecule has 0 amide bonds. The molecule has 39 heavy (non-hydrogen) atoms. The monoisotopic (exact) mass is 678 g/mol. The summed E-state index contributed by atoms with van der Waals surface area (Å²) >= 11 is 8.42. The number of allylic oxidation sites excluding steroid dienone is 1. The van der Waals surface area contributed by atoms with Gasteiger partial charge in [-0.2, -0.15) is 0 Å². The molecule has 1 aromatic heterocycles. The molecule has 2 aromatic carbocycles. The van der Waals surface area contributed by atoms with Gasteiger partial charge in [-0.25, -0.2) is 9.79 Å². The summed E-state index contributed by atoms with van der Waals surface area (Å²) < 4.78 is 31.0. The van der Waals surface area contributed by atoms with Crippen LogP contribution in [0.15, 0.2) is 54.3 Å². The number of hydrogen-bond donors (Lipinski definition) is 0. The van der Waals surface area contributed by atoms with Gasteiger partial charge in [0, 0.05) is 8.95 Å². The first-order chi connectivity index (χ1) is 18.8. The Hall–Kier alpha value is -3.09. The normalized spacial score (nSPS) is 16.2. The van der Waals surface area contributed by atoms with Crippen LogP contribution in [0, 0.1) is 0 Å². The minimum atomic E-state index is -0.818. The highest BCUT2D eigenvalue weighted by molar-refractivity contribution is 9.10. The number of methoxy groups -OCH3 is 1. The summed E-state index contributed by atoms with van der Waals surface area (Å²) in [6, 6.07) is 6.34. The highest BCUT2D eigenvalue weighted by Crippen LogP contribution is 2.41. The van der Waals surface area contributed by atoms with E-state index in [1.165, 1.54) is 23.0 Å². The van der Waals surface area contributed by atoms with Gasteiger partial charge in [0.1, 0.15) is 0 Å². The molecule has 5 rings (SSSR count). The van der Waals surface area contributed by atoms with Gasteiger partial charge < -0.3 is 23.7 Å². The summed E-state index contributed by atoms with van der Waals surface area (Å²) in [5.41, 5.74) is 1.81. The summed E-state index contributed by atoms with van der Waals surface area (Å²) in [5, 5.41) is 0. The van der Waals surface area contributed by atoms with Crippen LogP contribution < -0.4 is 33.8 Å². The predicted molar refractivity (Wildman–Crippen MR) is 153 cm³/mol. The van der Waals surface area contributed by atoms with Crippen molar-refractivity contribution < 1.29 is 28.5 Å². The number of thiazole rings is 1. The Labute approximate surface area is 244 Å². The Balaban J connectivity index is 1.74. The average Bonchev–Trinajstić information content (AvgIpc) is 3.47. The molecule has 0 bridgehead atoms. The number of esters is 1. The van der Waals surface area contributed by atoms with Crippen LogP contribution in [-0.4, -0.2) is 37.7 Å². The molecule has 2 aliphatic heterocycles. The number of ether oxygens (including phenoxy) is 5. The lowest BCUT2D eigenvalue weighted by atomic mass is 9.95. The van der Waals surface area contributed by atoms with E-state index in [-0.39, 0.29) is 24.5 Å². The van der Waals surface area contributed by atoms with Crippen molar-refractivity contribution in [2.75, 3.05) is 27.1 Å². The molecule has 12 heteroatoms. The number of nitrogens with zero attached hydrogens (tertiary/aromatic N) is 2. The Bertz CT molecular complexity index is 1690. The summed E-state index contributed by atoms with van der Waals surface area (Å²) in [6.45, 7) is 6.12. The smallest absolute Gasteiger partial charge is 0.338 e. The quantitative estimate of drug-likeness (QED) is 0.340. The van der Waals surface area contributed by atoms with Crippen LogP contribution in [0.2, 0.25) is 0 Å². The maximum absolute atomic E-state index is 14.0. The van der Waals surface area contributed by atoms with Crippen LogP contribution >= 0.6 is 43.2 Å². The number of benzene rings is 2. The number of carbonyl (C=O) groups excluding carboxylic acids is 1. The van der Waals surface area contributed by atoms with Crippen LogP contribution in [0.5, 0.6) is 23.0 Å². The molecule has 0 fully saturated rings. The first kappa shape index (κ1) is 27.5. The Morgan fingerprint density at radius 1 is 1.13 bits per heavy atom. The van der Waals surface area contributed by atoms with E-state index < -0.39 is 12.0 Å². The second-order valence-electron chi connectivity index (χ2n) is 8.49. The second-order valence-corrected chi connectivity index (χ2v) is 11.2. The van der Waals surface area contributed by atoms with Crippen molar-refractivity contribution in [1.29, 1.82) is 0 Å². The van der Waals surface area contributed by atoms with E-state index in [2.05, 4.69) is 36.9 Å². The van der Waals surface area contributed by atoms with E-state index >= 15 is 0 Å². The van der Waals surface area contributed by atoms with Gasteiger partial charge in [-0.3, -0.25) is 9.36 Å². The van der Waals surface area contributed by atoms with Crippen molar-refractivity contribution in [2.24, 2.45) is 4.99 Å². The molecule has 9 nitrogen and oxygen atoms in total. The third kappa shape index (κ3) is 5.01. The van der Waals surface area contributed by atoms with Gasteiger partial charge in [-0.05, 0) is 62.2 Å². The van der Waals surface area contributed by atoms with E-state index in [1.54, 1.807) is 38.1 Å². The zero-order valence-electron chi connectivity index (χ0n) is 21.5. The molecule has 3 aromatic rings. The van der Waals surface area contributed by atoms with Crippen LogP contribution in [0.1, 0.15) is 37.9 Å². The molecular weight excluding hydrogens is 656 g/mol. The van der Waals surface area contributed by atoms with Gasteiger partial charge in [0.15, 0.2) is 27.8 Å². The van der Waals surface area contributed by atoms with Crippen LogP contribution in [0.3, 0.4) is 0 Å². The fourth-order valence-electron chi connectivity index (χ4n) is 4.46. The number of carbonyl (C=O) groups is 1.